The summed E-state index contributed by atoms with van der Waals surface area (Å²) in [6.45, 7) is 10.6. The lowest BCUT2D eigenvalue weighted by Crippen LogP contribution is -2.48. The summed E-state index contributed by atoms with van der Waals surface area (Å²) >= 11 is 0. The zero-order valence-corrected chi connectivity index (χ0v) is 15.5. The van der Waals surface area contributed by atoms with Gasteiger partial charge < -0.3 is 14.0 Å². The van der Waals surface area contributed by atoms with Gasteiger partial charge in [-0.1, -0.05) is 38.1 Å². The molecule has 1 unspecified atom stereocenters. The lowest BCUT2D eigenvalue weighted by atomic mass is 9.77. The van der Waals surface area contributed by atoms with Crippen molar-refractivity contribution in [1.82, 2.24) is 0 Å². The first-order valence-corrected chi connectivity index (χ1v) is 8.71. The van der Waals surface area contributed by atoms with Crippen molar-refractivity contribution >= 4 is 18.6 Å². The summed E-state index contributed by atoms with van der Waals surface area (Å²) in [5, 5.41) is 0. The molecule has 0 bridgehead atoms. The number of benzene rings is 1. The lowest BCUT2D eigenvalue weighted by Gasteiger charge is -2.39. The van der Waals surface area contributed by atoms with Crippen molar-refractivity contribution in [2.24, 2.45) is 5.92 Å². The highest BCUT2D eigenvalue weighted by Gasteiger charge is 2.56. The van der Waals surface area contributed by atoms with Gasteiger partial charge in [0.1, 0.15) is 0 Å². The van der Waals surface area contributed by atoms with Crippen LogP contribution in [0.15, 0.2) is 24.3 Å². The van der Waals surface area contributed by atoms with Gasteiger partial charge in [-0.05, 0) is 50.6 Å². The van der Waals surface area contributed by atoms with E-state index >= 15 is 0 Å². The number of methoxy groups -OCH3 is 1. The molecule has 1 heterocycles. The Bertz CT molecular complexity index is 633. The van der Waals surface area contributed by atoms with Crippen LogP contribution in [-0.4, -0.2) is 31.4 Å². The number of carbonyl (C=O) groups is 1. The summed E-state index contributed by atoms with van der Waals surface area (Å²) < 4.78 is 17.5. The Kier molecular flexibility index (Phi) is 4.08. The Labute approximate surface area is 145 Å². The van der Waals surface area contributed by atoms with Crippen LogP contribution in [0.5, 0.6) is 0 Å². The third-order valence-electron chi connectivity index (χ3n) is 6.11. The maximum atomic E-state index is 12.0. The second-order valence-electron chi connectivity index (χ2n) is 8.04. The van der Waals surface area contributed by atoms with Gasteiger partial charge in [0.2, 0.25) is 0 Å². The van der Waals surface area contributed by atoms with Crippen LogP contribution in [0.1, 0.15) is 53.0 Å². The molecule has 1 aliphatic heterocycles. The van der Waals surface area contributed by atoms with E-state index in [9.17, 15) is 4.79 Å². The van der Waals surface area contributed by atoms with Gasteiger partial charge >= 0.3 is 13.1 Å². The van der Waals surface area contributed by atoms with Crippen LogP contribution in [-0.2, 0) is 24.3 Å². The van der Waals surface area contributed by atoms with E-state index in [1.165, 1.54) is 7.11 Å². The van der Waals surface area contributed by atoms with Gasteiger partial charge in [-0.2, -0.15) is 0 Å². The molecule has 0 aromatic heterocycles. The molecule has 130 valence electrons. The Hall–Kier alpha value is -1.33. The molecule has 0 N–H and O–H groups in total. The van der Waals surface area contributed by atoms with Crippen molar-refractivity contribution in [3.05, 3.63) is 29.8 Å². The molecule has 1 atom stereocenters. The van der Waals surface area contributed by atoms with Crippen molar-refractivity contribution in [1.29, 1.82) is 0 Å². The number of hydrogen-bond donors (Lipinski definition) is 0. The molecule has 3 rings (SSSR count). The van der Waals surface area contributed by atoms with Crippen LogP contribution in [0.4, 0.5) is 0 Å². The summed E-state index contributed by atoms with van der Waals surface area (Å²) in [6, 6.07) is 8.02. The number of esters is 1. The predicted molar refractivity (Wildman–Crippen MR) is 94.3 cm³/mol. The van der Waals surface area contributed by atoms with Gasteiger partial charge in [-0.15, -0.1) is 0 Å². The van der Waals surface area contributed by atoms with E-state index in [4.69, 9.17) is 14.0 Å². The molecule has 1 aromatic rings. The zero-order chi connectivity index (χ0) is 17.8. The maximum absolute atomic E-state index is 12.0. The van der Waals surface area contributed by atoms with Crippen molar-refractivity contribution in [3.8, 4) is 0 Å². The first kappa shape index (κ1) is 17.5. The fourth-order valence-corrected chi connectivity index (χ4v) is 3.63. The standard InChI is InChI=1S/C19H27BO4/c1-13(2)18(5)17(3,4)23-20(24-18)15-9-7-14(8-10-15)19(11-12-19)16(21)22-6/h7-10,13H,11-12H2,1-6H3. The lowest BCUT2D eigenvalue weighted by molar-refractivity contribution is -0.143. The van der Waals surface area contributed by atoms with Crippen LogP contribution in [0.25, 0.3) is 0 Å². The molecule has 4 nitrogen and oxygen atoms in total. The molecule has 24 heavy (non-hydrogen) atoms. The highest BCUT2D eigenvalue weighted by molar-refractivity contribution is 6.62. The summed E-state index contributed by atoms with van der Waals surface area (Å²) in [7, 11) is 1.07. The third-order valence-corrected chi connectivity index (χ3v) is 6.11. The maximum Gasteiger partial charge on any atom is 0.494 e. The van der Waals surface area contributed by atoms with Gasteiger partial charge in [0.25, 0.3) is 0 Å². The monoisotopic (exact) mass is 330 g/mol. The molecule has 1 aromatic carbocycles. The van der Waals surface area contributed by atoms with Crippen LogP contribution < -0.4 is 5.46 Å². The minimum Gasteiger partial charge on any atom is -0.468 e. The Morgan fingerprint density at radius 2 is 1.71 bits per heavy atom. The quantitative estimate of drug-likeness (QED) is 0.629. The first-order chi connectivity index (χ1) is 11.2. The van der Waals surface area contributed by atoms with Crippen molar-refractivity contribution in [3.63, 3.8) is 0 Å². The summed E-state index contributed by atoms with van der Waals surface area (Å²) in [4.78, 5) is 12.0. The second kappa shape index (κ2) is 5.60. The molecule has 0 radical (unpaired) electrons. The molecule has 2 fully saturated rings. The van der Waals surface area contributed by atoms with Crippen molar-refractivity contribution in [2.45, 2.75) is 64.1 Å². The average molecular weight is 330 g/mol. The van der Waals surface area contributed by atoms with E-state index in [0.29, 0.717) is 5.92 Å². The van der Waals surface area contributed by atoms with Crippen LogP contribution >= 0.6 is 0 Å². The van der Waals surface area contributed by atoms with Gasteiger partial charge in [0.15, 0.2) is 0 Å². The van der Waals surface area contributed by atoms with Crippen LogP contribution in [0.3, 0.4) is 0 Å². The number of ether oxygens (including phenoxy) is 1. The molecule has 1 aliphatic carbocycles. The number of rotatable bonds is 4. The smallest absolute Gasteiger partial charge is 0.468 e. The van der Waals surface area contributed by atoms with Gasteiger partial charge in [-0.25, -0.2) is 0 Å². The minimum absolute atomic E-state index is 0.142. The Balaban J connectivity index is 1.82. The fraction of sp³-hybridized carbons (Fsp3) is 0.632. The highest BCUT2D eigenvalue weighted by Crippen LogP contribution is 2.49. The minimum atomic E-state index is -0.434. The van der Waals surface area contributed by atoms with E-state index in [1.807, 2.05) is 24.3 Å². The molecule has 0 amide bonds. The molecule has 1 saturated carbocycles. The number of hydrogen-bond acceptors (Lipinski definition) is 4. The second-order valence-corrected chi connectivity index (χ2v) is 8.04. The first-order valence-electron chi connectivity index (χ1n) is 8.71. The van der Waals surface area contributed by atoms with Gasteiger partial charge in [-0.3, -0.25) is 4.79 Å². The SMILES string of the molecule is COC(=O)C1(c2ccc(B3OC(C)(C)C(C)(C(C)C)O3)cc2)CC1. The van der Waals surface area contributed by atoms with E-state index in [0.717, 1.165) is 23.9 Å². The molecular formula is C19H27BO4. The average Bonchev–Trinajstić information content (AvgIpc) is 3.30. The third kappa shape index (κ3) is 2.49. The molecular weight excluding hydrogens is 303 g/mol. The topological polar surface area (TPSA) is 44.8 Å². The van der Waals surface area contributed by atoms with Crippen molar-refractivity contribution < 1.29 is 18.8 Å². The zero-order valence-electron chi connectivity index (χ0n) is 15.5. The molecule has 5 heteroatoms. The fourth-order valence-electron chi connectivity index (χ4n) is 3.63. The van der Waals surface area contributed by atoms with Gasteiger partial charge in [0.05, 0.1) is 23.7 Å². The molecule has 1 saturated heterocycles. The van der Waals surface area contributed by atoms with E-state index in [2.05, 4.69) is 34.6 Å². The van der Waals surface area contributed by atoms with Crippen molar-refractivity contribution in [2.75, 3.05) is 7.11 Å². The van der Waals surface area contributed by atoms with Gasteiger partial charge in [0, 0.05) is 0 Å². The summed E-state index contributed by atoms with van der Waals surface area (Å²) in [5.74, 6) is 0.197. The number of carbonyl (C=O) groups excluding carboxylic acids is 1. The summed E-state index contributed by atoms with van der Waals surface area (Å²) in [5.41, 5.74) is 0.851. The Morgan fingerprint density at radius 3 is 2.12 bits per heavy atom. The molecule has 2 aliphatic rings. The van der Waals surface area contributed by atoms with Crippen LogP contribution in [0.2, 0.25) is 0 Å². The van der Waals surface area contributed by atoms with E-state index in [1.54, 1.807) is 0 Å². The highest BCUT2D eigenvalue weighted by atomic mass is 16.7. The van der Waals surface area contributed by atoms with E-state index < -0.39 is 5.41 Å². The Morgan fingerprint density at radius 1 is 1.12 bits per heavy atom. The predicted octanol–water partition coefficient (Wildman–Crippen LogP) is 2.83. The normalized spacial score (nSPS) is 27.4. The van der Waals surface area contributed by atoms with Crippen LogP contribution in [0, 0.1) is 5.92 Å². The van der Waals surface area contributed by atoms with E-state index in [-0.39, 0.29) is 24.3 Å². The largest absolute Gasteiger partial charge is 0.494 e. The molecule has 0 spiro atoms. The summed E-state index contributed by atoms with van der Waals surface area (Å²) in [6.07, 6.45) is 1.71.